The number of hydrogen-bond acceptors (Lipinski definition) is 3. The van der Waals surface area contributed by atoms with Crippen molar-refractivity contribution < 1.29 is 0 Å². The molecule has 0 amide bonds. The third-order valence-corrected chi connectivity index (χ3v) is 5.07. The first-order chi connectivity index (χ1) is 9.38. The quantitative estimate of drug-likeness (QED) is 0.880. The van der Waals surface area contributed by atoms with E-state index in [0.717, 1.165) is 17.8 Å². The third-order valence-electron chi connectivity index (χ3n) is 5.07. The number of nitrogens with one attached hydrogen (secondary N) is 1. The predicted octanol–water partition coefficient (Wildman–Crippen LogP) is 1.27. The number of anilines is 1. The van der Waals surface area contributed by atoms with Crippen molar-refractivity contribution in [3.8, 4) is 0 Å². The molecule has 0 radical (unpaired) electrons. The molecule has 2 atom stereocenters. The average Bonchev–Trinajstić information content (AvgIpc) is 2.93. The van der Waals surface area contributed by atoms with Gasteiger partial charge in [-0.3, -0.25) is 0 Å². The van der Waals surface area contributed by atoms with Crippen LogP contribution in [0.4, 0.5) is 5.69 Å². The highest BCUT2D eigenvalue weighted by atomic mass is 15.2. The van der Waals surface area contributed by atoms with Gasteiger partial charge in [0.15, 0.2) is 0 Å². The minimum absolute atomic E-state index is 0.897. The summed E-state index contributed by atoms with van der Waals surface area (Å²) in [6, 6.07) is 10.9. The molecule has 0 saturated carbocycles. The second-order valence-corrected chi connectivity index (χ2v) is 6.50. The van der Waals surface area contributed by atoms with Crippen LogP contribution < -0.4 is 10.2 Å². The second-order valence-electron chi connectivity index (χ2n) is 6.50. The molecule has 3 aliphatic rings. The Morgan fingerprint density at radius 2 is 1.63 bits per heavy atom. The van der Waals surface area contributed by atoms with E-state index in [0.29, 0.717) is 0 Å². The molecule has 3 saturated heterocycles. The van der Waals surface area contributed by atoms with E-state index in [1.54, 1.807) is 0 Å². The number of para-hydroxylation sites is 1. The topological polar surface area (TPSA) is 18.5 Å². The molecule has 1 N–H and O–H groups in total. The standard InChI is InChI=1S/C16H23N3/c1-2-4-16(5-3-1)19-11-14-9-18(10-15(14)12-19)8-13-6-17-7-13/h1-5,13-15,17H,6-12H2. The van der Waals surface area contributed by atoms with Gasteiger partial charge in [0.1, 0.15) is 0 Å². The highest BCUT2D eigenvalue weighted by Crippen LogP contribution is 2.34. The summed E-state index contributed by atoms with van der Waals surface area (Å²) in [6.45, 7) is 8.96. The molecule has 3 heterocycles. The van der Waals surface area contributed by atoms with Gasteiger partial charge < -0.3 is 15.1 Å². The highest BCUT2D eigenvalue weighted by molar-refractivity contribution is 5.47. The Morgan fingerprint density at radius 1 is 0.947 bits per heavy atom. The fourth-order valence-corrected chi connectivity index (χ4v) is 3.93. The fourth-order valence-electron chi connectivity index (χ4n) is 3.93. The maximum atomic E-state index is 3.38. The number of hydrogen-bond donors (Lipinski definition) is 1. The molecular weight excluding hydrogens is 234 g/mol. The average molecular weight is 257 g/mol. The van der Waals surface area contributed by atoms with Crippen LogP contribution in [0.5, 0.6) is 0 Å². The van der Waals surface area contributed by atoms with Crippen LogP contribution in [0, 0.1) is 17.8 Å². The Kier molecular flexibility index (Phi) is 2.97. The van der Waals surface area contributed by atoms with E-state index in [-0.39, 0.29) is 0 Å². The first-order valence-corrected chi connectivity index (χ1v) is 7.61. The highest BCUT2D eigenvalue weighted by Gasteiger charge is 2.40. The van der Waals surface area contributed by atoms with Gasteiger partial charge in [-0.15, -0.1) is 0 Å². The molecule has 0 aliphatic carbocycles. The van der Waals surface area contributed by atoms with E-state index >= 15 is 0 Å². The zero-order chi connectivity index (χ0) is 12.7. The van der Waals surface area contributed by atoms with E-state index in [9.17, 15) is 0 Å². The Balaban J connectivity index is 1.35. The zero-order valence-corrected chi connectivity index (χ0v) is 11.5. The van der Waals surface area contributed by atoms with Crippen LogP contribution in [0.25, 0.3) is 0 Å². The number of nitrogens with zero attached hydrogens (tertiary/aromatic N) is 2. The van der Waals surface area contributed by atoms with Crippen LogP contribution in [-0.4, -0.2) is 50.7 Å². The van der Waals surface area contributed by atoms with E-state index in [4.69, 9.17) is 0 Å². The number of benzene rings is 1. The first kappa shape index (κ1) is 11.7. The van der Waals surface area contributed by atoms with Crippen LogP contribution >= 0.6 is 0 Å². The van der Waals surface area contributed by atoms with Crippen LogP contribution in [0.2, 0.25) is 0 Å². The smallest absolute Gasteiger partial charge is 0.0366 e. The molecule has 1 aromatic carbocycles. The minimum atomic E-state index is 0.897. The van der Waals surface area contributed by atoms with E-state index in [1.807, 2.05) is 0 Å². The molecule has 19 heavy (non-hydrogen) atoms. The van der Waals surface area contributed by atoms with Crippen LogP contribution in [0.1, 0.15) is 0 Å². The van der Waals surface area contributed by atoms with Crippen LogP contribution in [-0.2, 0) is 0 Å². The third kappa shape index (κ3) is 2.26. The van der Waals surface area contributed by atoms with Gasteiger partial charge in [0, 0.05) is 51.5 Å². The summed E-state index contributed by atoms with van der Waals surface area (Å²) >= 11 is 0. The van der Waals surface area contributed by atoms with Crippen molar-refractivity contribution in [3.05, 3.63) is 30.3 Å². The van der Waals surface area contributed by atoms with Gasteiger partial charge in [-0.2, -0.15) is 0 Å². The van der Waals surface area contributed by atoms with E-state index < -0.39 is 0 Å². The van der Waals surface area contributed by atoms with Gasteiger partial charge in [0.2, 0.25) is 0 Å². The van der Waals surface area contributed by atoms with Gasteiger partial charge in [-0.1, -0.05) is 18.2 Å². The van der Waals surface area contributed by atoms with Crippen molar-refractivity contribution in [2.24, 2.45) is 17.8 Å². The summed E-state index contributed by atoms with van der Waals surface area (Å²) in [5.41, 5.74) is 1.41. The Morgan fingerprint density at radius 3 is 2.21 bits per heavy atom. The summed E-state index contributed by atoms with van der Waals surface area (Å²) in [5.74, 6) is 2.71. The summed E-state index contributed by atoms with van der Waals surface area (Å²) in [4.78, 5) is 5.29. The Hall–Kier alpha value is -1.06. The lowest BCUT2D eigenvalue weighted by Gasteiger charge is -2.32. The maximum Gasteiger partial charge on any atom is 0.0366 e. The fraction of sp³-hybridized carbons (Fsp3) is 0.625. The number of rotatable bonds is 3. The summed E-state index contributed by atoms with van der Waals surface area (Å²) in [6.07, 6.45) is 0. The van der Waals surface area contributed by atoms with Crippen molar-refractivity contribution in [3.63, 3.8) is 0 Å². The normalized spacial score (nSPS) is 31.5. The molecule has 1 aromatic rings. The first-order valence-electron chi connectivity index (χ1n) is 7.61. The molecule has 3 nitrogen and oxygen atoms in total. The summed E-state index contributed by atoms with van der Waals surface area (Å²) in [7, 11) is 0. The van der Waals surface area contributed by atoms with Gasteiger partial charge in [-0.25, -0.2) is 0 Å². The number of likely N-dealkylation sites (tertiary alicyclic amines) is 1. The van der Waals surface area contributed by atoms with Gasteiger partial charge in [0.25, 0.3) is 0 Å². The largest absolute Gasteiger partial charge is 0.371 e. The molecule has 3 heteroatoms. The van der Waals surface area contributed by atoms with Crippen molar-refractivity contribution in [1.29, 1.82) is 0 Å². The molecule has 4 rings (SSSR count). The molecule has 102 valence electrons. The molecule has 3 fully saturated rings. The summed E-state index contributed by atoms with van der Waals surface area (Å²) < 4.78 is 0. The van der Waals surface area contributed by atoms with Crippen molar-refractivity contribution in [1.82, 2.24) is 10.2 Å². The lowest BCUT2D eigenvalue weighted by molar-refractivity contribution is 0.215. The Labute approximate surface area is 115 Å². The van der Waals surface area contributed by atoms with E-state index in [2.05, 4.69) is 45.4 Å². The van der Waals surface area contributed by atoms with Crippen molar-refractivity contribution in [2.45, 2.75) is 0 Å². The van der Waals surface area contributed by atoms with Crippen LogP contribution in [0.15, 0.2) is 30.3 Å². The van der Waals surface area contributed by atoms with Gasteiger partial charge >= 0.3 is 0 Å². The molecule has 2 unspecified atom stereocenters. The molecule has 3 aliphatic heterocycles. The maximum absolute atomic E-state index is 3.38. The Bertz CT molecular complexity index is 415. The predicted molar refractivity (Wildman–Crippen MR) is 78.4 cm³/mol. The second kappa shape index (κ2) is 4.80. The lowest BCUT2D eigenvalue weighted by atomic mass is 10.0. The van der Waals surface area contributed by atoms with Crippen LogP contribution in [0.3, 0.4) is 0 Å². The van der Waals surface area contributed by atoms with Crippen molar-refractivity contribution >= 4 is 5.69 Å². The summed E-state index contributed by atoms with van der Waals surface area (Å²) in [5, 5.41) is 3.38. The monoisotopic (exact) mass is 257 g/mol. The minimum Gasteiger partial charge on any atom is -0.371 e. The zero-order valence-electron chi connectivity index (χ0n) is 11.5. The molecule has 0 spiro atoms. The molecule has 0 aromatic heterocycles. The molecule has 0 bridgehead atoms. The molecular formula is C16H23N3. The number of fused-ring (bicyclic) bond motifs is 1. The van der Waals surface area contributed by atoms with Gasteiger partial charge in [-0.05, 0) is 29.9 Å². The van der Waals surface area contributed by atoms with E-state index in [1.165, 1.54) is 51.5 Å². The van der Waals surface area contributed by atoms with Crippen molar-refractivity contribution in [2.75, 3.05) is 50.7 Å². The lowest BCUT2D eigenvalue weighted by Crippen LogP contribution is -2.48. The van der Waals surface area contributed by atoms with Gasteiger partial charge in [0.05, 0.1) is 0 Å². The SMILES string of the molecule is c1ccc(N2CC3CN(CC4CNC4)CC3C2)cc1.